The van der Waals surface area contributed by atoms with Gasteiger partial charge in [0.05, 0.1) is 34.3 Å². The maximum absolute atomic E-state index is 13.7. The number of terminal acetylenes is 1. The number of fused-ring (bicyclic) bond motifs is 1. The van der Waals surface area contributed by atoms with Crippen molar-refractivity contribution in [1.29, 1.82) is 0 Å². The number of cyclic esters (lactones) is 1. The predicted molar refractivity (Wildman–Crippen MR) is 155 cm³/mol. The molecule has 3 rings (SSSR count). The Morgan fingerprint density at radius 1 is 1.28 bits per heavy atom. The standard InChI is InChI=1S/C31H42N2O5S/c1-6-7-11-22-29(36)20(3)10-8-9-19(2)12-14-24(38-28(35)17-26(34)31(4,5)30(22)37)21-13-15-25-23(16-21)33-27(18-32)39-25/h1,12-13,15-16,20,22,24,26,29,34,36H,7-11,14,17-18,32H2,2-5H3/b19-12-. The number of ether oxygens (including phenoxy) is 1. The summed E-state index contributed by atoms with van der Waals surface area (Å²) < 4.78 is 6.93. The van der Waals surface area contributed by atoms with Gasteiger partial charge in [-0.3, -0.25) is 9.59 Å². The van der Waals surface area contributed by atoms with Gasteiger partial charge in [0, 0.05) is 25.3 Å². The van der Waals surface area contributed by atoms with Crippen LogP contribution in [0.3, 0.4) is 0 Å². The summed E-state index contributed by atoms with van der Waals surface area (Å²) in [4.78, 5) is 31.3. The van der Waals surface area contributed by atoms with E-state index >= 15 is 0 Å². The first kappa shape index (κ1) is 31.0. The Labute approximate surface area is 235 Å². The van der Waals surface area contributed by atoms with Crippen molar-refractivity contribution in [2.75, 3.05) is 0 Å². The Kier molecular flexibility index (Phi) is 10.9. The molecule has 1 aliphatic heterocycles. The topological polar surface area (TPSA) is 123 Å². The Balaban J connectivity index is 1.93. The van der Waals surface area contributed by atoms with E-state index in [2.05, 4.69) is 17.0 Å². The number of carbonyl (C=O) groups excluding carboxylic acids is 2. The molecular formula is C31H42N2O5S. The van der Waals surface area contributed by atoms with Crippen molar-refractivity contribution < 1.29 is 24.5 Å². The number of Topliss-reactive ketones (excluding diaryl/α,β-unsaturated/α-hetero) is 1. The molecule has 1 aromatic carbocycles. The minimum atomic E-state index is -1.28. The number of aliphatic hydroxyl groups is 2. The Morgan fingerprint density at radius 2 is 2.03 bits per heavy atom. The van der Waals surface area contributed by atoms with E-state index < -0.39 is 35.6 Å². The molecule has 0 spiro atoms. The van der Waals surface area contributed by atoms with Crippen LogP contribution in [0.15, 0.2) is 29.8 Å². The minimum Gasteiger partial charge on any atom is -0.457 e. The normalized spacial score (nSPS) is 28.9. The number of rotatable bonds is 4. The number of thiazole rings is 1. The van der Waals surface area contributed by atoms with E-state index in [4.69, 9.17) is 16.9 Å². The lowest BCUT2D eigenvalue weighted by atomic mass is 9.71. The van der Waals surface area contributed by atoms with Crippen molar-refractivity contribution in [2.45, 2.75) is 97.5 Å². The number of hydrogen-bond donors (Lipinski definition) is 3. The maximum Gasteiger partial charge on any atom is 0.309 e. The molecule has 0 bridgehead atoms. The van der Waals surface area contributed by atoms with Crippen molar-refractivity contribution in [2.24, 2.45) is 23.0 Å². The zero-order valence-electron chi connectivity index (χ0n) is 23.5. The van der Waals surface area contributed by atoms with Crippen molar-refractivity contribution >= 4 is 33.3 Å². The van der Waals surface area contributed by atoms with Gasteiger partial charge in [0.15, 0.2) is 0 Å². The van der Waals surface area contributed by atoms with Gasteiger partial charge >= 0.3 is 5.97 Å². The summed E-state index contributed by atoms with van der Waals surface area (Å²) in [6, 6.07) is 5.82. The van der Waals surface area contributed by atoms with E-state index in [1.54, 1.807) is 13.8 Å². The number of esters is 1. The van der Waals surface area contributed by atoms with Crippen molar-refractivity contribution in [3.63, 3.8) is 0 Å². The lowest BCUT2D eigenvalue weighted by Crippen LogP contribution is -2.46. The second-order valence-corrected chi connectivity index (χ2v) is 12.4. The predicted octanol–water partition coefficient (Wildman–Crippen LogP) is 5.23. The van der Waals surface area contributed by atoms with Crippen LogP contribution in [-0.4, -0.2) is 39.2 Å². The summed E-state index contributed by atoms with van der Waals surface area (Å²) in [7, 11) is 0. The average molecular weight is 555 g/mol. The van der Waals surface area contributed by atoms with Gasteiger partial charge in [-0.2, -0.15) is 0 Å². The third kappa shape index (κ3) is 7.76. The second-order valence-electron chi connectivity index (χ2n) is 11.3. The van der Waals surface area contributed by atoms with Crippen LogP contribution >= 0.6 is 11.3 Å². The minimum absolute atomic E-state index is 0.119. The van der Waals surface area contributed by atoms with Crippen LogP contribution < -0.4 is 5.73 Å². The van der Waals surface area contributed by atoms with Crippen LogP contribution in [0, 0.1) is 29.6 Å². The van der Waals surface area contributed by atoms with E-state index in [9.17, 15) is 19.8 Å². The van der Waals surface area contributed by atoms with Crippen LogP contribution in [0.2, 0.25) is 0 Å². The third-order valence-electron chi connectivity index (χ3n) is 7.95. The number of nitrogens with two attached hydrogens (primary N) is 1. The van der Waals surface area contributed by atoms with Gasteiger partial charge in [-0.1, -0.05) is 38.5 Å². The van der Waals surface area contributed by atoms with Crippen LogP contribution in [0.4, 0.5) is 0 Å². The molecule has 0 amide bonds. The molecule has 0 aliphatic carbocycles. The van der Waals surface area contributed by atoms with Crippen LogP contribution in [0.5, 0.6) is 0 Å². The van der Waals surface area contributed by atoms with Crippen molar-refractivity contribution in [3.05, 3.63) is 40.4 Å². The van der Waals surface area contributed by atoms with Gasteiger partial charge < -0.3 is 20.7 Å². The van der Waals surface area contributed by atoms with E-state index in [1.165, 1.54) is 11.3 Å². The zero-order chi connectivity index (χ0) is 28.7. The van der Waals surface area contributed by atoms with Crippen molar-refractivity contribution in [1.82, 2.24) is 4.98 Å². The van der Waals surface area contributed by atoms with Gasteiger partial charge in [0.2, 0.25) is 0 Å². The molecule has 0 saturated carbocycles. The molecule has 1 aromatic heterocycles. The van der Waals surface area contributed by atoms with Gasteiger partial charge in [0.25, 0.3) is 0 Å². The highest BCUT2D eigenvalue weighted by Crippen LogP contribution is 2.35. The summed E-state index contributed by atoms with van der Waals surface area (Å²) in [5.74, 6) is 0.831. The molecule has 4 N–H and O–H groups in total. The molecule has 8 heteroatoms. The van der Waals surface area contributed by atoms with Gasteiger partial charge in [-0.15, -0.1) is 23.7 Å². The summed E-state index contributed by atoms with van der Waals surface area (Å²) >= 11 is 1.54. The molecule has 2 aromatic rings. The Bertz CT molecular complexity index is 1230. The third-order valence-corrected chi connectivity index (χ3v) is 9.01. The van der Waals surface area contributed by atoms with E-state index in [0.29, 0.717) is 25.8 Å². The summed E-state index contributed by atoms with van der Waals surface area (Å²) in [6.45, 7) is 7.59. The summed E-state index contributed by atoms with van der Waals surface area (Å²) in [5.41, 5.74) is 7.26. The Hall–Kier alpha value is -2.57. The molecule has 5 unspecified atom stereocenters. The maximum atomic E-state index is 13.7. The second kappa shape index (κ2) is 13.7. The van der Waals surface area contributed by atoms with Gasteiger partial charge in [-0.25, -0.2) is 4.98 Å². The molecule has 0 saturated heterocycles. The lowest BCUT2D eigenvalue weighted by Gasteiger charge is -2.36. The fourth-order valence-corrected chi connectivity index (χ4v) is 6.00. The number of aliphatic hydroxyl groups excluding tert-OH is 2. The number of nitrogens with zero attached hydrogens (tertiary/aromatic N) is 1. The molecule has 0 fully saturated rings. The summed E-state index contributed by atoms with van der Waals surface area (Å²) in [5, 5.41) is 23.1. The largest absolute Gasteiger partial charge is 0.457 e. The van der Waals surface area contributed by atoms with Gasteiger partial charge in [-0.05, 0) is 56.2 Å². The van der Waals surface area contributed by atoms with Crippen LogP contribution in [0.1, 0.15) is 89.3 Å². The highest BCUT2D eigenvalue weighted by Gasteiger charge is 2.43. The highest BCUT2D eigenvalue weighted by molar-refractivity contribution is 7.18. The molecule has 212 valence electrons. The fraction of sp³-hybridized carbons (Fsp3) is 0.581. The first-order valence-corrected chi connectivity index (χ1v) is 14.6. The molecule has 5 atom stereocenters. The number of allylic oxidation sites excluding steroid dienone is 1. The molecular weight excluding hydrogens is 512 g/mol. The number of benzene rings is 1. The first-order chi connectivity index (χ1) is 18.5. The number of ketones is 1. The molecule has 39 heavy (non-hydrogen) atoms. The van der Waals surface area contributed by atoms with Gasteiger partial charge in [0.1, 0.15) is 16.9 Å². The fourth-order valence-electron chi connectivity index (χ4n) is 5.17. The quantitative estimate of drug-likeness (QED) is 0.269. The first-order valence-electron chi connectivity index (χ1n) is 13.8. The summed E-state index contributed by atoms with van der Waals surface area (Å²) in [6.07, 6.45) is 8.04. The van der Waals surface area contributed by atoms with E-state index in [0.717, 1.165) is 45.6 Å². The van der Waals surface area contributed by atoms with Crippen molar-refractivity contribution in [3.8, 4) is 12.3 Å². The zero-order valence-corrected chi connectivity index (χ0v) is 24.3. The molecule has 0 radical (unpaired) electrons. The molecule has 7 nitrogen and oxygen atoms in total. The molecule has 2 heterocycles. The van der Waals surface area contributed by atoms with Crippen LogP contribution in [0.25, 0.3) is 10.2 Å². The van der Waals surface area contributed by atoms with E-state index in [-0.39, 0.29) is 18.1 Å². The number of aromatic nitrogens is 1. The van der Waals surface area contributed by atoms with E-state index in [1.807, 2.05) is 32.0 Å². The smallest absolute Gasteiger partial charge is 0.309 e. The van der Waals surface area contributed by atoms with Crippen LogP contribution in [-0.2, 0) is 20.9 Å². The molecule has 1 aliphatic rings. The Morgan fingerprint density at radius 3 is 2.72 bits per heavy atom. The number of carbonyl (C=O) groups is 2. The monoisotopic (exact) mass is 554 g/mol. The highest BCUT2D eigenvalue weighted by atomic mass is 32.1. The number of hydrogen-bond acceptors (Lipinski definition) is 8. The lowest BCUT2D eigenvalue weighted by molar-refractivity contribution is -0.156. The SMILES string of the molecule is C#CCCC1C(=O)C(C)(C)C(O)CC(=O)OC(c2ccc3sc(CN)nc3c2)C/C=C(/C)CCCC(C)C1O. The average Bonchev–Trinajstić information content (AvgIpc) is 3.32.